The van der Waals surface area contributed by atoms with Crippen LogP contribution in [0, 0.1) is 11.8 Å². The molecule has 0 radical (unpaired) electrons. The fourth-order valence-electron chi connectivity index (χ4n) is 2.54. The number of benzene rings is 1. The van der Waals surface area contributed by atoms with Gasteiger partial charge in [0.2, 0.25) is 0 Å². The van der Waals surface area contributed by atoms with Crippen molar-refractivity contribution in [3.05, 3.63) is 29.8 Å². The molecule has 3 nitrogen and oxygen atoms in total. The molecule has 1 saturated carbocycles. The normalized spacial score (nSPS) is 22.9. The van der Waals surface area contributed by atoms with Gasteiger partial charge < -0.3 is 5.11 Å². The summed E-state index contributed by atoms with van der Waals surface area (Å²) in [5.74, 6) is -1.71. The fourth-order valence-corrected chi connectivity index (χ4v) is 2.95. The number of Topliss-reactive ketones (excluding diaryl/α,β-unsaturated/α-hetero) is 1. The van der Waals surface area contributed by atoms with Crippen LogP contribution in [-0.4, -0.2) is 23.1 Å². The van der Waals surface area contributed by atoms with E-state index in [2.05, 4.69) is 0 Å². The monoisotopic (exact) mass is 264 g/mol. The number of hydrogen-bond donors (Lipinski definition) is 1. The highest BCUT2D eigenvalue weighted by atomic mass is 32.2. The maximum Gasteiger partial charge on any atom is 0.307 e. The molecule has 1 aliphatic carbocycles. The smallest absolute Gasteiger partial charge is 0.307 e. The molecule has 4 heteroatoms. The van der Waals surface area contributed by atoms with Crippen molar-refractivity contribution in [1.82, 2.24) is 0 Å². The van der Waals surface area contributed by atoms with E-state index in [4.69, 9.17) is 5.11 Å². The van der Waals surface area contributed by atoms with E-state index in [1.807, 2.05) is 18.4 Å². The average molecular weight is 264 g/mol. The van der Waals surface area contributed by atoms with Gasteiger partial charge in [-0.05, 0) is 31.2 Å². The third kappa shape index (κ3) is 2.58. The van der Waals surface area contributed by atoms with Gasteiger partial charge in [-0.25, -0.2) is 0 Å². The number of ketones is 1. The first kappa shape index (κ1) is 13.1. The lowest BCUT2D eigenvalue weighted by Gasteiger charge is -2.14. The Kier molecular flexibility index (Phi) is 4.07. The molecule has 0 spiro atoms. The minimum atomic E-state index is -0.841. The Balaban J connectivity index is 2.17. The summed E-state index contributed by atoms with van der Waals surface area (Å²) in [6.45, 7) is 0. The van der Waals surface area contributed by atoms with E-state index in [9.17, 15) is 9.59 Å². The van der Waals surface area contributed by atoms with Crippen LogP contribution in [-0.2, 0) is 4.79 Å². The summed E-state index contributed by atoms with van der Waals surface area (Å²) in [5, 5.41) is 9.11. The first-order valence-corrected chi connectivity index (χ1v) is 7.27. The maximum absolute atomic E-state index is 12.3. The Morgan fingerprint density at radius 2 is 1.78 bits per heavy atom. The Labute approximate surface area is 111 Å². The molecule has 1 aliphatic rings. The summed E-state index contributed by atoms with van der Waals surface area (Å²) in [5.41, 5.74) is 0.631. The van der Waals surface area contributed by atoms with E-state index in [1.54, 1.807) is 23.9 Å². The summed E-state index contributed by atoms with van der Waals surface area (Å²) < 4.78 is 0. The Morgan fingerprint density at radius 1 is 1.17 bits per heavy atom. The molecule has 0 saturated heterocycles. The van der Waals surface area contributed by atoms with E-state index in [-0.39, 0.29) is 11.7 Å². The second-order valence-electron chi connectivity index (χ2n) is 4.57. The first-order chi connectivity index (χ1) is 8.63. The lowest BCUT2D eigenvalue weighted by molar-refractivity contribution is -0.142. The summed E-state index contributed by atoms with van der Waals surface area (Å²) in [7, 11) is 0. The third-order valence-corrected chi connectivity index (χ3v) is 4.29. The van der Waals surface area contributed by atoms with Gasteiger partial charge in [0.05, 0.1) is 5.92 Å². The summed E-state index contributed by atoms with van der Waals surface area (Å²) in [6.07, 6.45) is 4.12. The van der Waals surface area contributed by atoms with E-state index in [0.29, 0.717) is 18.4 Å². The van der Waals surface area contributed by atoms with Crippen LogP contribution in [0.2, 0.25) is 0 Å². The minimum Gasteiger partial charge on any atom is -0.481 e. The highest BCUT2D eigenvalue weighted by Gasteiger charge is 2.37. The molecular weight excluding hydrogens is 248 g/mol. The number of thioether (sulfide) groups is 1. The second-order valence-corrected chi connectivity index (χ2v) is 5.45. The predicted molar refractivity (Wildman–Crippen MR) is 71.0 cm³/mol. The largest absolute Gasteiger partial charge is 0.481 e. The average Bonchev–Trinajstić information content (AvgIpc) is 2.87. The van der Waals surface area contributed by atoms with Crippen molar-refractivity contribution in [2.24, 2.45) is 11.8 Å². The molecule has 0 heterocycles. The summed E-state index contributed by atoms with van der Waals surface area (Å²) in [4.78, 5) is 24.5. The number of carboxylic acids is 1. The molecule has 0 aromatic heterocycles. The van der Waals surface area contributed by atoms with Crippen LogP contribution in [0.5, 0.6) is 0 Å². The van der Waals surface area contributed by atoms with Crippen molar-refractivity contribution in [3.63, 3.8) is 0 Å². The van der Waals surface area contributed by atoms with Gasteiger partial charge in [-0.15, -0.1) is 11.8 Å². The SMILES string of the molecule is CSc1ccc(C(=O)[C@@H]2CCC[C@H]2C(=O)O)cc1. The molecule has 0 unspecified atom stereocenters. The van der Waals surface area contributed by atoms with Crippen LogP contribution >= 0.6 is 11.8 Å². The van der Waals surface area contributed by atoms with Gasteiger partial charge in [-0.2, -0.15) is 0 Å². The quantitative estimate of drug-likeness (QED) is 0.670. The van der Waals surface area contributed by atoms with Crippen molar-refractivity contribution in [3.8, 4) is 0 Å². The van der Waals surface area contributed by atoms with Crippen molar-refractivity contribution < 1.29 is 14.7 Å². The molecular formula is C14H16O3S. The fraction of sp³-hybridized carbons (Fsp3) is 0.429. The molecule has 1 aromatic rings. The summed E-state index contributed by atoms with van der Waals surface area (Å²) in [6, 6.07) is 7.40. The Bertz CT molecular complexity index is 453. The number of carbonyl (C=O) groups excluding carboxylic acids is 1. The molecule has 1 N–H and O–H groups in total. The van der Waals surface area contributed by atoms with Gasteiger partial charge in [0.1, 0.15) is 0 Å². The zero-order valence-electron chi connectivity index (χ0n) is 10.3. The van der Waals surface area contributed by atoms with Crippen LogP contribution in [0.25, 0.3) is 0 Å². The van der Waals surface area contributed by atoms with Gasteiger partial charge in [0.15, 0.2) is 5.78 Å². The minimum absolute atomic E-state index is 0.0208. The molecule has 1 aromatic carbocycles. The molecule has 0 aliphatic heterocycles. The lowest BCUT2D eigenvalue weighted by Crippen LogP contribution is -2.25. The topological polar surface area (TPSA) is 54.4 Å². The van der Waals surface area contributed by atoms with Crippen LogP contribution < -0.4 is 0 Å². The Hall–Kier alpha value is -1.29. The van der Waals surface area contributed by atoms with Crippen molar-refractivity contribution in [1.29, 1.82) is 0 Å². The van der Waals surface area contributed by atoms with Crippen LogP contribution in [0.1, 0.15) is 29.6 Å². The van der Waals surface area contributed by atoms with Gasteiger partial charge in [0, 0.05) is 16.4 Å². The van der Waals surface area contributed by atoms with Gasteiger partial charge in [0.25, 0.3) is 0 Å². The van der Waals surface area contributed by atoms with Crippen LogP contribution in [0.3, 0.4) is 0 Å². The zero-order chi connectivity index (χ0) is 13.1. The van der Waals surface area contributed by atoms with Crippen molar-refractivity contribution in [2.45, 2.75) is 24.2 Å². The van der Waals surface area contributed by atoms with E-state index in [1.165, 1.54) is 0 Å². The second kappa shape index (κ2) is 5.57. The number of carbonyl (C=O) groups is 2. The summed E-state index contributed by atoms with van der Waals surface area (Å²) >= 11 is 1.62. The number of rotatable bonds is 4. The van der Waals surface area contributed by atoms with E-state index in [0.717, 1.165) is 11.3 Å². The first-order valence-electron chi connectivity index (χ1n) is 6.04. The van der Waals surface area contributed by atoms with Crippen LogP contribution in [0.15, 0.2) is 29.2 Å². The Morgan fingerprint density at radius 3 is 2.33 bits per heavy atom. The standard InChI is InChI=1S/C14H16O3S/c1-18-10-7-5-9(6-8-10)13(15)11-3-2-4-12(11)14(16)17/h5-8,11-12H,2-4H2,1H3,(H,16,17)/t11-,12-/m1/s1. The molecule has 0 amide bonds. The highest BCUT2D eigenvalue weighted by Crippen LogP contribution is 2.34. The van der Waals surface area contributed by atoms with Crippen LogP contribution in [0.4, 0.5) is 0 Å². The molecule has 18 heavy (non-hydrogen) atoms. The zero-order valence-corrected chi connectivity index (χ0v) is 11.1. The molecule has 2 atom stereocenters. The third-order valence-electron chi connectivity index (χ3n) is 3.54. The van der Waals surface area contributed by atoms with Gasteiger partial charge >= 0.3 is 5.97 Å². The molecule has 2 rings (SSSR count). The molecule has 1 fully saturated rings. The highest BCUT2D eigenvalue weighted by molar-refractivity contribution is 7.98. The lowest BCUT2D eigenvalue weighted by atomic mass is 9.88. The predicted octanol–water partition coefficient (Wildman–Crippen LogP) is 3.09. The number of aliphatic carboxylic acids is 1. The van der Waals surface area contributed by atoms with Gasteiger partial charge in [-0.3, -0.25) is 9.59 Å². The van der Waals surface area contributed by atoms with E-state index < -0.39 is 11.9 Å². The number of hydrogen-bond acceptors (Lipinski definition) is 3. The van der Waals surface area contributed by atoms with E-state index >= 15 is 0 Å². The van der Waals surface area contributed by atoms with Gasteiger partial charge in [-0.1, -0.05) is 18.6 Å². The number of carboxylic acid groups (broad SMARTS) is 1. The van der Waals surface area contributed by atoms with Crippen molar-refractivity contribution >= 4 is 23.5 Å². The maximum atomic E-state index is 12.3. The van der Waals surface area contributed by atoms with Crippen molar-refractivity contribution in [2.75, 3.05) is 6.26 Å². The molecule has 0 bridgehead atoms. The molecule has 96 valence electrons.